The minimum Gasteiger partial charge on any atom is -0.368 e. The van der Waals surface area contributed by atoms with Crippen LogP contribution in [-0.4, -0.2) is 31.0 Å². The van der Waals surface area contributed by atoms with Crippen molar-refractivity contribution in [3.05, 3.63) is 0 Å². The third-order valence-electron chi connectivity index (χ3n) is 0.987. The number of halogens is 6. The molecule has 0 aliphatic carbocycles. The Kier molecular flexibility index (Phi) is 3.74. The molecular formula is C5H5F6NO2. The highest BCUT2D eigenvalue weighted by Gasteiger charge is 2.58. The molecule has 0 aromatic carbocycles. The molecule has 0 saturated carbocycles. The molecule has 14 heavy (non-hydrogen) atoms. The molecule has 0 radical (unpaired) electrons. The van der Waals surface area contributed by atoms with Crippen LogP contribution in [0.15, 0.2) is 0 Å². The van der Waals surface area contributed by atoms with Crippen LogP contribution in [0.4, 0.5) is 26.3 Å². The number of amides is 1. The molecule has 84 valence electrons. The van der Waals surface area contributed by atoms with Crippen molar-refractivity contribution in [1.82, 2.24) is 0 Å². The first-order valence-electron chi connectivity index (χ1n) is 3.08. The Morgan fingerprint density at radius 2 is 1.50 bits per heavy atom. The summed E-state index contributed by atoms with van der Waals surface area (Å²) >= 11 is 0. The van der Waals surface area contributed by atoms with Gasteiger partial charge in [0.25, 0.3) is 0 Å². The zero-order valence-corrected chi connectivity index (χ0v) is 6.45. The van der Waals surface area contributed by atoms with Crippen molar-refractivity contribution in [3.8, 4) is 0 Å². The summed E-state index contributed by atoms with van der Waals surface area (Å²) in [5.41, 5.74) is 4.33. The molecule has 0 spiro atoms. The molecule has 0 aromatic rings. The van der Waals surface area contributed by atoms with Crippen LogP contribution in [0.2, 0.25) is 0 Å². The molecule has 0 fully saturated rings. The summed E-state index contributed by atoms with van der Waals surface area (Å²) < 4.78 is 73.3. The maximum Gasteiger partial charge on any atom is 0.423 e. The summed E-state index contributed by atoms with van der Waals surface area (Å²) in [7, 11) is 0. The lowest BCUT2D eigenvalue weighted by Gasteiger charge is -2.22. The summed E-state index contributed by atoms with van der Waals surface area (Å²) in [5.74, 6) is -1.41. The minimum absolute atomic E-state index is 1.41. The van der Waals surface area contributed by atoms with Crippen LogP contribution < -0.4 is 5.73 Å². The van der Waals surface area contributed by atoms with Gasteiger partial charge in [0.2, 0.25) is 12.0 Å². The molecule has 9 heteroatoms. The van der Waals surface area contributed by atoms with Gasteiger partial charge in [0.05, 0.1) is 0 Å². The second-order valence-corrected chi connectivity index (χ2v) is 2.24. The number of hydrogen-bond acceptors (Lipinski definition) is 2. The van der Waals surface area contributed by atoms with E-state index in [2.05, 4.69) is 10.5 Å². The van der Waals surface area contributed by atoms with Gasteiger partial charge in [0.15, 0.2) is 0 Å². The highest BCUT2D eigenvalue weighted by Crippen LogP contribution is 2.35. The van der Waals surface area contributed by atoms with Crippen molar-refractivity contribution in [1.29, 1.82) is 0 Å². The van der Waals surface area contributed by atoms with Gasteiger partial charge in [-0.3, -0.25) is 4.79 Å². The molecule has 0 atom stereocenters. The fourth-order valence-corrected chi connectivity index (χ4v) is 0.540. The van der Waals surface area contributed by atoms with Crippen LogP contribution in [0, 0.1) is 0 Å². The highest BCUT2D eigenvalue weighted by molar-refractivity contribution is 5.75. The van der Waals surface area contributed by atoms with Gasteiger partial charge in [-0.2, -0.15) is 26.3 Å². The van der Waals surface area contributed by atoms with Crippen molar-refractivity contribution in [2.24, 2.45) is 5.73 Å². The molecule has 0 unspecified atom stereocenters. The highest BCUT2D eigenvalue weighted by atomic mass is 19.4. The van der Waals surface area contributed by atoms with Gasteiger partial charge in [-0.15, -0.1) is 0 Å². The van der Waals surface area contributed by atoms with Crippen LogP contribution in [0.5, 0.6) is 0 Å². The number of hydrogen-bond donors (Lipinski definition) is 1. The molecule has 0 heterocycles. The van der Waals surface area contributed by atoms with Crippen molar-refractivity contribution < 1.29 is 35.9 Å². The second-order valence-electron chi connectivity index (χ2n) is 2.24. The van der Waals surface area contributed by atoms with E-state index >= 15 is 0 Å². The molecule has 0 aliphatic rings. The van der Waals surface area contributed by atoms with E-state index in [4.69, 9.17) is 0 Å². The number of alkyl halides is 6. The second kappa shape index (κ2) is 4.03. The topological polar surface area (TPSA) is 52.3 Å². The van der Waals surface area contributed by atoms with Gasteiger partial charge < -0.3 is 10.5 Å². The average Bonchev–Trinajstić information content (AvgIpc) is 1.78. The zero-order chi connectivity index (χ0) is 11.6. The van der Waals surface area contributed by atoms with E-state index in [1.807, 2.05) is 0 Å². The Morgan fingerprint density at radius 3 is 1.71 bits per heavy atom. The van der Waals surface area contributed by atoms with Crippen LogP contribution in [-0.2, 0) is 9.53 Å². The van der Waals surface area contributed by atoms with E-state index in [0.29, 0.717) is 0 Å². The van der Waals surface area contributed by atoms with Crippen molar-refractivity contribution >= 4 is 5.91 Å². The monoisotopic (exact) mass is 225 g/mol. The van der Waals surface area contributed by atoms with E-state index in [1.54, 1.807) is 0 Å². The van der Waals surface area contributed by atoms with Gasteiger partial charge in [-0.1, -0.05) is 0 Å². The number of carbonyl (C=O) groups excluding carboxylic acids is 1. The van der Waals surface area contributed by atoms with Crippen LogP contribution in [0.1, 0.15) is 0 Å². The number of nitrogens with two attached hydrogens (primary N) is 1. The fraction of sp³-hybridized carbons (Fsp3) is 0.800. The lowest BCUT2D eigenvalue weighted by molar-refractivity contribution is -0.319. The third kappa shape index (κ3) is 4.30. The minimum atomic E-state index is -5.62. The molecule has 0 saturated heterocycles. The van der Waals surface area contributed by atoms with Crippen LogP contribution >= 0.6 is 0 Å². The summed E-state index contributed by atoms with van der Waals surface area (Å²) in [6.07, 6.45) is -15.2. The van der Waals surface area contributed by atoms with Gasteiger partial charge in [-0.05, 0) is 0 Å². The number of carbonyl (C=O) groups is 1. The van der Waals surface area contributed by atoms with Gasteiger partial charge in [-0.25, -0.2) is 0 Å². The van der Waals surface area contributed by atoms with E-state index in [0.717, 1.165) is 0 Å². The van der Waals surface area contributed by atoms with Crippen molar-refractivity contribution in [2.45, 2.75) is 18.5 Å². The van der Waals surface area contributed by atoms with E-state index in [9.17, 15) is 31.1 Å². The molecule has 0 bridgehead atoms. The number of ether oxygens (including phenoxy) is 1. The quantitative estimate of drug-likeness (QED) is 0.728. The van der Waals surface area contributed by atoms with Crippen LogP contribution in [0.3, 0.4) is 0 Å². The molecule has 1 amide bonds. The van der Waals surface area contributed by atoms with E-state index < -0.39 is 31.0 Å². The van der Waals surface area contributed by atoms with Crippen LogP contribution in [0.25, 0.3) is 0 Å². The normalized spacial score (nSPS) is 13.4. The predicted molar refractivity (Wildman–Crippen MR) is 31.0 cm³/mol. The number of primary amides is 1. The van der Waals surface area contributed by atoms with Crippen molar-refractivity contribution in [2.75, 3.05) is 6.61 Å². The Hall–Kier alpha value is -0.990. The zero-order valence-electron chi connectivity index (χ0n) is 6.45. The lowest BCUT2D eigenvalue weighted by atomic mass is 10.3. The first-order valence-corrected chi connectivity index (χ1v) is 3.08. The molecule has 0 aliphatic heterocycles. The van der Waals surface area contributed by atoms with Gasteiger partial charge in [0, 0.05) is 0 Å². The van der Waals surface area contributed by atoms with E-state index in [1.165, 1.54) is 0 Å². The summed E-state index contributed by atoms with van der Waals surface area (Å²) in [4.78, 5) is 9.92. The average molecular weight is 225 g/mol. The Labute approximate surface area is 73.8 Å². The maximum absolute atomic E-state index is 11.7. The first kappa shape index (κ1) is 13.0. The maximum atomic E-state index is 11.7. The summed E-state index contributed by atoms with van der Waals surface area (Å²) in [5, 5.41) is 0. The Balaban J connectivity index is 4.51. The SMILES string of the molecule is NC(=O)COC(C(F)(F)F)C(F)(F)F. The summed E-state index contributed by atoms with van der Waals surface area (Å²) in [6.45, 7) is -1.44. The third-order valence-corrected chi connectivity index (χ3v) is 0.987. The lowest BCUT2D eigenvalue weighted by Crippen LogP contribution is -2.45. The molecular weight excluding hydrogens is 220 g/mol. The Bertz CT molecular complexity index is 195. The first-order chi connectivity index (χ1) is 6.05. The van der Waals surface area contributed by atoms with Gasteiger partial charge >= 0.3 is 12.4 Å². The van der Waals surface area contributed by atoms with Crippen molar-refractivity contribution in [3.63, 3.8) is 0 Å². The summed E-state index contributed by atoms with van der Waals surface area (Å²) in [6, 6.07) is 0. The largest absolute Gasteiger partial charge is 0.423 e. The smallest absolute Gasteiger partial charge is 0.368 e. The molecule has 2 N–H and O–H groups in total. The Morgan fingerprint density at radius 1 is 1.14 bits per heavy atom. The standard InChI is InChI=1S/C5H5F6NO2/c6-4(7,8)3(5(9,10)11)14-1-2(12)13/h3H,1H2,(H2,12,13). The predicted octanol–water partition coefficient (Wildman–Crippen LogP) is 0.981. The fourth-order valence-electron chi connectivity index (χ4n) is 0.540. The molecule has 0 rings (SSSR count). The molecule has 0 aromatic heterocycles. The number of rotatable bonds is 3. The molecule has 3 nitrogen and oxygen atoms in total. The van der Waals surface area contributed by atoms with Gasteiger partial charge in [0.1, 0.15) is 6.61 Å². The van der Waals surface area contributed by atoms with E-state index in [-0.39, 0.29) is 0 Å².